The summed E-state index contributed by atoms with van der Waals surface area (Å²) in [7, 11) is 0. The van der Waals surface area contributed by atoms with E-state index in [-0.39, 0.29) is 5.78 Å². The zero-order valence-electron chi connectivity index (χ0n) is 12.1. The average Bonchev–Trinajstić information content (AvgIpc) is 2.44. The van der Waals surface area contributed by atoms with E-state index >= 15 is 0 Å². The minimum Gasteiger partial charge on any atom is -0.299 e. The Kier molecular flexibility index (Phi) is 6.12. The second kappa shape index (κ2) is 7.62. The number of carbonyl (C=O) groups excluding carboxylic acids is 1. The molecule has 20 heavy (non-hydrogen) atoms. The molecule has 110 valence electrons. The smallest absolute Gasteiger partial charge is 0.162 e. The lowest BCUT2D eigenvalue weighted by atomic mass is 10.1. The van der Waals surface area contributed by atoms with Crippen molar-refractivity contribution in [1.29, 1.82) is 0 Å². The molecular weight excluding hydrogens is 334 g/mol. The number of Topliss-reactive ketones (excluding diaryl/α,β-unsaturated/α-hetero) is 1. The normalized spacial score (nSPS) is 23.8. The molecule has 0 amide bonds. The van der Waals surface area contributed by atoms with Gasteiger partial charge in [-0.3, -0.25) is 9.69 Å². The van der Waals surface area contributed by atoms with Crippen molar-refractivity contribution in [2.45, 2.75) is 38.0 Å². The van der Waals surface area contributed by atoms with E-state index in [1.165, 1.54) is 5.75 Å². The third-order valence-electron chi connectivity index (χ3n) is 4.03. The fraction of sp³-hybridized carbons (Fsp3) is 0.562. The molecule has 0 bridgehead atoms. The van der Waals surface area contributed by atoms with Gasteiger partial charge in [0, 0.05) is 40.0 Å². The zero-order valence-corrected chi connectivity index (χ0v) is 14.5. The van der Waals surface area contributed by atoms with Crippen LogP contribution in [-0.4, -0.2) is 40.8 Å². The van der Waals surface area contributed by atoms with Gasteiger partial charge in [-0.15, -0.1) is 0 Å². The van der Waals surface area contributed by atoms with Crippen LogP contribution in [0.15, 0.2) is 28.7 Å². The van der Waals surface area contributed by atoms with Gasteiger partial charge in [0.15, 0.2) is 5.78 Å². The van der Waals surface area contributed by atoms with Crippen LogP contribution in [0, 0.1) is 0 Å². The number of benzene rings is 1. The molecular formula is C16H22BrNOS. The second-order valence-electron chi connectivity index (χ2n) is 5.39. The van der Waals surface area contributed by atoms with Crippen molar-refractivity contribution in [3.05, 3.63) is 34.3 Å². The summed E-state index contributed by atoms with van der Waals surface area (Å²) in [5, 5.41) is 0.700. The summed E-state index contributed by atoms with van der Waals surface area (Å²) in [6.07, 6.45) is 1.60. The van der Waals surface area contributed by atoms with Gasteiger partial charge in [0.2, 0.25) is 0 Å². The van der Waals surface area contributed by atoms with Crippen LogP contribution in [0.25, 0.3) is 0 Å². The maximum absolute atomic E-state index is 12.1. The Morgan fingerprint density at radius 3 is 2.75 bits per heavy atom. The Morgan fingerprint density at radius 2 is 2.05 bits per heavy atom. The Balaban J connectivity index is 1.78. The number of thioether (sulfide) groups is 1. The SMILES string of the molecule is CC1SCCN(CCCC(=O)c2ccc(Br)cc2)C1C. The van der Waals surface area contributed by atoms with E-state index in [0.29, 0.717) is 17.7 Å². The summed E-state index contributed by atoms with van der Waals surface area (Å²) in [4.78, 5) is 14.6. The number of halogens is 1. The molecule has 2 rings (SSSR count). The van der Waals surface area contributed by atoms with E-state index in [1.54, 1.807) is 0 Å². The summed E-state index contributed by atoms with van der Waals surface area (Å²) >= 11 is 5.45. The van der Waals surface area contributed by atoms with Crippen molar-refractivity contribution in [3.63, 3.8) is 0 Å². The number of nitrogens with zero attached hydrogens (tertiary/aromatic N) is 1. The molecule has 2 unspecified atom stereocenters. The van der Waals surface area contributed by atoms with Gasteiger partial charge in [0.05, 0.1) is 0 Å². The minimum atomic E-state index is 0.254. The summed E-state index contributed by atoms with van der Waals surface area (Å²) < 4.78 is 1.02. The fourth-order valence-electron chi connectivity index (χ4n) is 2.53. The van der Waals surface area contributed by atoms with Crippen LogP contribution in [0.2, 0.25) is 0 Å². The summed E-state index contributed by atoms with van der Waals surface area (Å²) in [6.45, 7) is 6.79. The molecule has 1 heterocycles. The Hall–Kier alpha value is -0.320. The predicted molar refractivity (Wildman–Crippen MR) is 90.7 cm³/mol. The highest BCUT2D eigenvalue weighted by Gasteiger charge is 2.24. The molecule has 1 aliphatic heterocycles. The van der Waals surface area contributed by atoms with Gasteiger partial charge in [-0.05, 0) is 32.0 Å². The van der Waals surface area contributed by atoms with E-state index in [2.05, 4.69) is 46.4 Å². The molecule has 0 radical (unpaired) electrons. The van der Waals surface area contributed by atoms with Gasteiger partial charge in [-0.1, -0.05) is 35.0 Å². The van der Waals surface area contributed by atoms with Crippen LogP contribution in [0.4, 0.5) is 0 Å². The van der Waals surface area contributed by atoms with Crippen LogP contribution < -0.4 is 0 Å². The topological polar surface area (TPSA) is 20.3 Å². The monoisotopic (exact) mass is 355 g/mol. The molecule has 0 spiro atoms. The summed E-state index contributed by atoms with van der Waals surface area (Å²) in [6, 6.07) is 8.28. The average molecular weight is 356 g/mol. The number of hydrogen-bond acceptors (Lipinski definition) is 3. The highest BCUT2D eigenvalue weighted by Crippen LogP contribution is 2.24. The van der Waals surface area contributed by atoms with E-state index in [0.717, 1.165) is 29.5 Å². The molecule has 1 fully saturated rings. The fourth-order valence-corrected chi connectivity index (χ4v) is 3.96. The Bertz CT molecular complexity index is 448. The zero-order chi connectivity index (χ0) is 14.5. The second-order valence-corrected chi connectivity index (χ2v) is 7.79. The first-order valence-corrected chi connectivity index (χ1v) is 9.06. The van der Waals surface area contributed by atoms with E-state index in [4.69, 9.17) is 0 Å². The van der Waals surface area contributed by atoms with Crippen molar-refractivity contribution >= 4 is 33.5 Å². The third-order valence-corrected chi connectivity index (χ3v) is 5.90. The molecule has 1 aliphatic rings. The largest absolute Gasteiger partial charge is 0.299 e. The first kappa shape index (κ1) is 16.1. The molecule has 2 nitrogen and oxygen atoms in total. The Labute approximate surface area is 134 Å². The molecule has 2 atom stereocenters. The maximum atomic E-state index is 12.1. The lowest BCUT2D eigenvalue weighted by molar-refractivity contribution is 0.0971. The first-order valence-electron chi connectivity index (χ1n) is 7.22. The number of hydrogen-bond donors (Lipinski definition) is 0. The molecule has 0 aromatic heterocycles. The molecule has 0 saturated carbocycles. The van der Waals surface area contributed by atoms with Crippen molar-refractivity contribution < 1.29 is 4.79 Å². The summed E-state index contributed by atoms with van der Waals surface area (Å²) in [5.41, 5.74) is 0.823. The minimum absolute atomic E-state index is 0.254. The van der Waals surface area contributed by atoms with E-state index in [1.807, 2.05) is 24.3 Å². The van der Waals surface area contributed by atoms with Gasteiger partial charge < -0.3 is 0 Å². The lowest BCUT2D eigenvalue weighted by Gasteiger charge is -2.37. The van der Waals surface area contributed by atoms with Crippen molar-refractivity contribution in [2.24, 2.45) is 0 Å². The van der Waals surface area contributed by atoms with Crippen molar-refractivity contribution in [1.82, 2.24) is 4.90 Å². The van der Waals surface area contributed by atoms with Crippen molar-refractivity contribution in [2.75, 3.05) is 18.8 Å². The van der Waals surface area contributed by atoms with E-state index < -0.39 is 0 Å². The van der Waals surface area contributed by atoms with Crippen LogP contribution >= 0.6 is 27.7 Å². The number of carbonyl (C=O) groups is 1. The predicted octanol–water partition coefficient (Wildman–Crippen LogP) is 4.24. The van der Waals surface area contributed by atoms with Gasteiger partial charge in [-0.25, -0.2) is 0 Å². The third kappa shape index (κ3) is 4.34. The molecule has 1 saturated heterocycles. The highest BCUT2D eigenvalue weighted by molar-refractivity contribution is 9.10. The molecule has 4 heteroatoms. The van der Waals surface area contributed by atoms with Crippen LogP contribution in [0.1, 0.15) is 37.0 Å². The number of ketones is 1. The standard InChI is InChI=1S/C16H22BrNOS/c1-12-13(2)20-11-10-18(12)9-3-4-16(19)14-5-7-15(17)8-6-14/h5-8,12-13H,3-4,9-11H2,1-2H3. The molecule has 0 N–H and O–H groups in total. The Morgan fingerprint density at radius 1 is 1.35 bits per heavy atom. The van der Waals surface area contributed by atoms with Gasteiger partial charge in [-0.2, -0.15) is 11.8 Å². The van der Waals surface area contributed by atoms with Gasteiger partial charge >= 0.3 is 0 Å². The van der Waals surface area contributed by atoms with E-state index in [9.17, 15) is 4.79 Å². The van der Waals surface area contributed by atoms with Gasteiger partial charge in [0.1, 0.15) is 0 Å². The molecule has 1 aromatic rings. The summed E-state index contributed by atoms with van der Waals surface area (Å²) in [5.74, 6) is 1.47. The lowest BCUT2D eigenvalue weighted by Crippen LogP contribution is -2.45. The van der Waals surface area contributed by atoms with Gasteiger partial charge in [0.25, 0.3) is 0 Å². The van der Waals surface area contributed by atoms with Crippen LogP contribution in [0.3, 0.4) is 0 Å². The quantitative estimate of drug-likeness (QED) is 0.736. The van der Waals surface area contributed by atoms with Crippen LogP contribution in [-0.2, 0) is 0 Å². The number of rotatable bonds is 5. The molecule has 1 aromatic carbocycles. The maximum Gasteiger partial charge on any atom is 0.162 e. The molecule has 0 aliphatic carbocycles. The van der Waals surface area contributed by atoms with Crippen molar-refractivity contribution in [3.8, 4) is 0 Å². The van der Waals surface area contributed by atoms with Crippen LogP contribution in [0.5, 0.6) is 0 Å². The highest BCUT2D eigenvalue weighted by atomic mass is 79.9. The first-order chi connectivity index (χ1) is 9.58.